The summed E-state index contributed by atoms with van der Waals surface area (Å²) in [5, 5.41) is 0. The van der Waals surface area contributed by atoms with Crippen molar-refractivity contribution in [2.45, 2.75) is 0 Å². The Bertz CT molecular complexity index is 146. The molecule has 0 saturated carbocycles. The highest BCUT2D eigenvalue weighted by Crippen LogP contribution is 1.84. The third-order valence-corrected chi connectivity index (χ3v) is 0.801. The van der Waals surface area contributed by atoms with E-state index < -0.39 is 16.0 Å². The second-order valence-corrected chi connectivity index (χ2v) is 2.28. The average molecular weight is 126 g/mol. The predicted molar refractivity (Wildman–Crippen MR) is 21.0 cm³/mol. The number of rotatable bonds is 2. The van der Waals surface area contributed by atoms with Crippen molar-refractivity contribution < 1.29 is 17.1 Å². The van der Waals surface area contributed by atoms with Gasteiger partial charge in [0.25, 0.3) is 0 Å². The number of halogens is 1. The summed E-state index contributed by atoms with van der Waals surface area (Å²) in [7, 11) is -4.54. The first-order chi connectivity index (χ1) is 3.06. The molecule has 0 bridgehead atoms. The van der Waals surface area contributed by atoms with Gasteiger partial charge in [-0.05, 0) is 0 Å². The summed E-state index contributed by atoms with van der Waals surface area (Å²) in [6.07, 6.45) is -0.00463. The Labute approximate surface area is 40.4 Å². The van der Waals surface area contributed by atoms with E-state index in [2.05, 4.69) is 0 Å². The summed E-state index contributed by atoms with van der Waals surface area (Å²) >= 11 is 0. The van der Waals surface area contributed by atoms with Gasteiger partial charge in [0.05, 0.1) is 0 Å². The summed E-state index contributed by atoms with van der Waals surface area (Å²) < 4.78 is 29.8. The van der Waals surface area contributed by atoms with E-state index in [4.69, 9.17) is 0 Å². The SMILES string of the molecule is O=CCS(=O)(=O)F. The molecule has 3 nitrogen and oxygen atoms in total. The van der Waals surface area contributed by atoms with Crippen molar-refractivity contribution in [2.75, 3.05) is 5.75 Å². The van der Waals surface area contributed by atoms with Crippen LogP contribution in [0.2, 0.25) is 0 Å². The van der Waals surface area contributed by atoms with E-state index in [1.807, 2.05) is 0 Å². The summed E-state index contributed by atoms with van der Waals surface area (Å²) in [5.74, 6) is -1.03. The number of carbonyl (C=O) groups is 1. The van der Waals surface area contributed by atoms with Crippen LogP contribution in [0.1, 0.15) is 0 Å². The highest BCUT2D eigenvalue weighted by atomic mass is 32.3. The van der Waals surface area contributed by atoms with Crippen LogP contribution in [0.15, 0.2) is 0 Å². The van der Waals surface area contributed by atoms with Crippen LogP contribution >= 0.6 is 0 Å². The van der Waals surface area contributed by atoms with Crippen molar-refractivity contribution in [1.82, 2.24) is 0 Å². The average Bonchev–Trinajstić information content (AvgIpc) is 1.30. The lowest BCUT2D eigenvalue weighted by Crippen LogP contribution is -1.97. The van der Waals surface area contributed by atoms with Crippen LogP contribution in [0.4, 0.5) is 3.89 Å². The van der Waals surface area contributed by atoms with Crippen molar-refractivity contribution in [2.24, 2.45) is 0 Å². The molecule has 42 valence electrons. The first-order valence-corrected chi connectivity index (χ1v) is 2.97. The molecule has 0 amide bonds. The molecular formula is C2H3FO3S. The van der Waals surface area contributed by atoms with Crippen LogP contribution in [0, 0.1) is 0 Å². The summed E-state index contributed by atoms with van der Waals surface area (Å²) in [4.78, 5) is 9.20. The Balaban J connectivity index is 3.84. The standard InChI is InChI=1S/C2H3FO3S/c3-7(5,6)2-1-4/h1H,2H2. The van der Waals surface area contributed by atoms with Crippen molar-refractivity contribution >= 4 is 16.5 Å². The fraction of sp³-hybridized carbons (Fsp3) is 0.500. The van der Waals surface area contributed by atoms with Gasteiger partial charge in [-0.3, -0.25) is 0 Å². The van der Waals surface area contributed by atoms with Crippen LogP contribution in [0.25, 0.3) is 0 Å². The van der Waals surface area contributed by atoms with Gasteiger partial charge in [-0.15, -0.1) is 3.89 Å². The van der Waals surface area contributed by atoms with Gasteiger partial charge < -0.3 is 4.79 Å². The smallest absolute Gasteiger partial charge is 0.302 e. The van der Waals surface area contributed by atoms with Crippen LogP contribution < -0.4 is 0 Å². The number of hydrogen-bond donors (Lipinski definition) is 0. The van der Waals surface area contributed by atoms with E-state index in [-0.39, 0.29) is 6.29 Å². The summed E-state index contributed by atoms with van der Waals surface area (Å²) in [6.45, 7) is 0. The normalized spacial score (nSPS) is 11.0. The van der Waals surface area contributed by atoms with Crippen LogP contribution in [-0.2, 0) is 15.0 Å². The zero-order valence-corrected chi connectivity index (χ0v) is 4.11. The van der Waals surface area contributed by atoms with Crippen molar-refractivity contribution in [3.05, 3.63) is 0 Å². The molecule has 0 rings (SSSR count). The molecule has 0 N–H and O–H groups in total. The molecule has 0 saturated heterocycles. The number of carbonyl (C=O) groups excluding carboxylic acids is 1. The largest absolute Gasteiger partial charge is 0.309 e. The second-order valence-electron chi connectivity index (χ2n) is 0.872. The van der Waals surface area contributed by atoms with Crippen molar-refractivity contribution in [3.63, 3.8) is 0 Å². The highest BCUT2D eigenvalue weighted by molar-refractivity contribution is 7.86. The number of hydrogen-bond acceptors (Lipinski definition) is 3. The molecule has 0 aromatic carbocycles. The van der Waals surface area contributed by atoms with Gasteiger partial charge in [-0.25, -0.2) is 0 Å². The van der Waals surface area contributed by atoms with Gasteiger partial charge in [0.1, 0.15) is 12.0 Å². The molecule has 0 aromatic rings. The third kappa shape index (κ3) is 5.55. The Morgan fingerprint density at radius 3 is 2.00 bits per heavy atom. The Morgan fingerprint density at radius 1 is 1.57 bits per heavy atom. The quantitative estimate of drug-likeness (QED) is 0.369. The minimum Gasteiger partial charge on any atom is -0.302 e. The van der Waals surface area contributed by atoms with Gasteiger partial charge in [0.15, 0.2) is 0 Å². The van der Waals surface area contributed by atoms with E-state index in [1.165, 1.54) is 0 Å². The molecule has 5 heteroatoms. The first-order valence-electron chi connectivity index (χ1n) is 1.42. The van der Waals surface area contributed by atoms with Crippen LogP contribution in [0.3, 0.4) is 0 Å². The lowest BCUT2D eigenvalue weighted by Gasteiger charge is -1.75. The Hall–Kier alpha value is -0.450. The van der Waals surface area contributed by atoms with E-state index >= 15 is 0 Å². The van der Waals surface area contributed by atoms with Crippen molar-refractivity contribution in [1.29, 1.82) is 0 Å². The van der Waals surface area contributed by atoms with Crippen LogP contribution in [0.5, 0.6) is 0 Å². The molecule has 0 fully saturated rings. The first kappa shape index (κ1) is 6.55. The van der Waals surface area contributed by atoms with E-state index in [0.29, 0.717) is 0 Å². The molecule has 0 unspecified atom stereocenters. The third-order valence-electron chi connectivity index (χ3n) is 0.267. The molecular weight excluding hydrogens is 123 g/mol. The van der Waals surface area contributed by atoms with E-state index in [1.54, 1.807) is 0 Å². The minimum atomic E-state index is -4.54. The second kappa shape index (κ2) is 2.02. The number of aldehydes is 1. The molecule has 0 spiro atoms. The van der Waals surface area contributed by atoms with Gasteiger partial charge in [0, 0.05) is 0 Å². The fourth-order valence-corrected chi connectivity index (χ4v) is 0.244. The zero-order chi connectivity index (χ0) is 5.91. The van der Waals surface area contributed by atoms with Crippen molar-refractivity contribution in [3.8, 4) is 0 Å². The van der Waals surface area contributed by atoms with E-state index in [0.717, 1.165) is 0 Å². The molecule has 0 aliphatic rings. The molecule has 0 aromatic heterocycles. The maximum absolute atomic E-state index is 11.1. The van der Waals surface area contributed by atoms with Gasteiger partial charge in [0.2, 0.25) is 0 Å². The van der Waals surface area contributed by atoms with E-state index in [9.17, 15) is 17.1 Å². The molecule has 0 radical (unpaired) electrons. The Morgan fingerprint density at radius 2 is 2.00 bits per heavy atom. The fourth-order valence-electron chi connectivity index (χ4n) is 0.0813. The topological polar surface area (TPSA) is 51.2 Å². The molecule has 0 aliphatic carbocycles. The predicted octanol–water partition coefficient (Wildman–Crippen LogP) is -0.515. The summed E-state index contributed by atoms with van der Waals surface area (Å²) in [6, 6.07) is 0. The molecule has 0 aliphatic heterocycles. The molecule has 0 atom stereocenters. The monoisotopic (exact) mass is 126 g/mol. The molecule has 0 heterocycles. The van der Waals surface area contributed by atoms with Gasteiger partial charge in [-0.2, -0.15) is 8.42 Å². The minimum absolute atomic E-state index is 0.00463. The highest BCUT2D eigenvalue weighted by Gasteiger charge is 2.02. The van der Waals surface area contributed by atoms with Gasteiger partial charge >= 0.3 is 10.2 Å². The maximum atomic E-state index is 11.1. The zero-order valence-electron chi connectivity index (χ0n) is 3.30. The maximum Gasteiger partial charge on any atom is 0.309 e. The lowest BCUT2D eigenvalue weighted by atomic mass is 10.9. The van der Waals surface area contributed by atoms with Crippen LogP contribution in [-0.4, -0.2) is 20.5 Å². The summed E-state index contributed by atoms with van der Waals surface area (Å²) in [5.41, 5.74) is 0. The van der Waals surface area contributed by atoms with Gasteiger partial charge in [-0.1, -0.05) is 0 Å². The molecule has 7 heavy (non-hydrogen) atoms. The lowest BCUT2D eigenvalue weighted by molar-refractivity contribution is -0.105. The Kier molecular flexibility index (Phi) is 1.89.